The maximum atomic E-state index is 4.47. The van der Waals surface area contributed by atoms with Gasteiger partial charge in [0.1, 0.15) is 0 Å². The van der Waals surface area contributed by atoms with Gasteiger partial charge in [0.05, 0.1) is 17.6 Å². The molecule has 0 amide bonds. The fraction of sp³-hybridized carbons (Fsp3) is 0.111. The summed E-state index contributed by atoms with van der Waals surface area (Å²) in [6, 6.07) is 0. The lowest BCUT2D eigenvalue weighted by Gasteiger charge is -1.94. The number of imidazole rings is 1. The molecule has 0 saturated carbocycles. The second-order valence-electron chi connectivity index (χ2n) is 3.09. The molecule has 14 heavy (non-hydrogen) atoms. The van der Waals surface area contributed by atoms with E-state index in [0.29, 0.717) is 0 Å². The van der Waals surface area contributed by atoms with Crippen molar-refractivity contribution in [1.82, 2.24) is 19.6 Å². The molecule has 0 aliphatic heterocycles. The first-order valence-electron chi connectivity index (χ1n) is 4.27. The van der Waals surface area contributed by atoms with Crippen LogP contribution >= 0.6 is 11.3 Å². The Morgan fingerprint density at radius 3 is 3.21 bits per heavy atom. The van der Waals surface area contributed by atoms with Crippen molar-refractivity contribution >= 4 is 16.3 Å². The summed E-state index contributed by atoms with van der Waals surface area (Å²) in [5.74, 6) is 0. The molecule has 0 atom stereocenters. The Morgan fingerprint density at radius 1 is 1.50 bits per heavy atom. The van der Waals surface area contributed by atoms with Crippen LogP contribution in [0.15, 0.2) is 24.0 Å². The van der Waals surface area contributed by atoms with Crippen LogP contribution in [-0.4, -0.2) is 19.6 Å². The Bertz CT molecular complexity index is 561. The van der Waals surface area contributed by atoms with E-state index in [2.05, 4.69) is 19.6 Å². The lowest BCUT2D eigenvalue weighted by Crippen LogP contribution is -1.83. The molecule has 3 aromatic rings. The first-order chi connectivity index (χ1) is 6.86. The van der Waals surface area contributed by atoms with Gasteiger partial charge in [-0.1, -0.05) is 0 Å². The second kappa shape index (κ2) is 2.68. The van der Waals surface area contributed by atoms with Crippen molar-refractivity contribution in [2.75, 3.05) is 0 Å². The summed E-state index contributed by atoms with van der Waals surface area (Å²) in [4.78, 5) is 5.50. The van der Waals surface area contributed by atoms with Crippen LogP contribution in [0.2, 0.25) is 0 Å². The second-order valence-corrected chi connectivity index (χ2v) is 3.96. The highest BCUT2D eigenvalue weighted by molar-refractivity contribution is 7.15. The van der Waals surface area contributed by atoms with Crippen LogP contribution in [0, 0.1) is 6.92 Å². The van der Waals surface area contributed by atoms with Crippen molar-refractivity contribution in [2.45, 2.75) is 6.92 Å². The van der Waals surface area contributed by atoms with Crippen molar-refractivity contribution in [2.24, 2.45) is 0 Å². The van der Waals surface area contributed by atoms with E-state index in [-0.39, 0.29) is 0 Å². The van der Waals surface area contributed by atoms with Crippen LogP contribution < -0.4 is 0 Å². The van der Waals surface area contributed by atoms with Gasteiger partial charge in [0.25, 0.3) is 0 Å². The van der Waals surface area contributed by atoms with Gasteiger partial charge in [0, 0.05) is 23.3 Å². The number of thiazole rings is 1. The van der Waals surface area contributed by atoms with Crippen molar-refractivity contribution in [3.05, 3.63) is 29.7 Å². The molecule has 70 valence electrons. The van der Waals surface area contributed by atoms with Gasteiger partial charge < -0.3 is 0 Å². The number of nitrogens with one attached hydrogen (secondary N) is 1. The zero-order chi connectivity index (χ0) is 9.54. The highest BCUT2D eigenvalue weighted by Gasteiger charge is 2.11. The Kier molecular flexibility index (Phi) is 1.49. The highest BCUT2D eigenvalue weighted by atomic mass is 32.1. The van der Waals surface area contributed by atoms with Gasteiger partial charge in [-0.15, -0.1) is 11.3 Å². The molecule has 0 aliphatic rings. The quantitative estimate of drug-likeness (QED) is 0.659. The van der Waals surface area contributed by atoms with Crippen molar-refractivity contribution in [3.8, 4) is 11.3 Å². The number of hydrogen-bond donors (Lipinski definition) is 1. The Balaban J connectivity index is 2.38. The van der Waals surface area contributed by atoms with Gasteiger partial charge in [-0.05, 0) is 6.92 Å². The third-order valence-corrected chi connectivity index (χ3v) is 2.96. The van der Waals surface area contributed by atoms with Crippen LogP contribution in [0.5, 0.6) is 0 Å². The normalized spacial score (nSPS) is 11.2. The Morgan fingerprint density at radius 2 is 2.43 bits per heavy atom. The van der Waals surface area contributed by atoms with E-state index in [4.69, 9.17) is 0 Å². The van der Waals surface area contributed by atoms with E-state index in [1.54, 1.807) is 11.3 Å². The lowest BCUT2D eigenvalue weighted by molar-refractivity contribution is 1.09. The minimum atomic E-state index is 1.03. The fourth-order valence-electron chi connectivity index (χ4n) is 1.62. The minimum Gasteiger partial charge on any atom is -0.290 e. The molecule has 3 aromatic heterocycles. The van der Waals surface area contributed by atoms with Crippen LogP contribution in [0.4, 0.5) is 0 Å². The first kappa shape index (κ1) is 7.75. The number of nitrogens with zero attached hydrogens (tertiary/aromatic N) is 3. The molecule has 3 rings (SSSR count). The number of fused-ring (bicyclic) bond motifs is 1. The maximum absolute atomic E-state index is 4.47. The molecule has 0 bridgehead atoms. The Hall–Kier alpha value is -1.62. The molecule has 0 aromatic carbocycles. The molecular weight excluding hydrogens is 196 g/mol. The average molecular weight is 204 g/mol. The van der Waals surface area contributed by atoms with Crippen LogP contribution in [0.1, 0.15) is 5.69 Å². The Labute approximate surface area is 84.2 Å². The SMILES string of the molecule is Cc1nc2sccn2c1-c1cn[nH]c1. The van der Waals surface area contributed by atoms with Gasteiger partial charge >= 0.3 is 0 Å². The van der Waals surface area contributed by atoms with Gasteiger partial charge in [0.2, 0.25) is 0 Å². The van der Waals surface area contributed by atoms with Crippen molar-refractivity contribution in [1.29, 1.82) is 0 Å². The molecule has 0 aliphatic carbocycles. The summed E-state index contributed by atoms with van der Waals surface area (Å²) in [5, 5.41) is 8.80. The topological polar surface area (TPSA) is 46.0 Å². The van der Waals surface area contributed by atoms with E-state index < -0.39 is 0 Å². The third-order valence-electron chi connectivity index (χ3n) is 2.21. The number of rotatable bonds is 1. The van der Waals surface area contributed by atoms with E-state index in [1.165, 1.54) is 0 Å². The van der Waals surface area contributed by atoms with E-state index in [9.17, 15) is 0 Å². The maximum Gasteiger partial charge on any atom is 0.194 e. The summed E-state index contributed by atoms with van der Waals surface area (Å²) in [7, 11) is 0. The van der Waals surface area contributed by atoms with E-state index in [0.717, 1.165) is 21.9 Å². The highest BCUT2D eigenvalue weighted by Crippen LogP contribution is 2.25. The fourth-order valence-corrected chi connectivity index (χ4v) is 2.38. The monoisotopic (exact) mass is 204 g/mol. The van der Waals surface area contributed by atoms with E-state index in [1.807, 2.05) is 30.9 Å². The molecule has 0 unspecified atom stereocenters. The molecule has 0 spiro atoms. The number of aryl methyl sites for hydroxylation is 1. The van der Waals surface area contributed by atoms with Crippen molar-refractivity contribution < 1.29 is 0 Å². The average Bonchev–Trinajstić information content (AvgIpc) is 2.78. The summed E-state index contributed by atoms with van der Waals surface area (Å²) >= 11 is 1.64. The van der Waals surface area contributed by atoms with E-state index >= 15 is 0 Å². The standard InChI is InChI=1S/C9H8N4S/c1-6-8(7-4-10-11-5-7)13-2-3-14-9(13)12-6/h2-5H,1H3,(H,10,11). The smallest absolute Gasteiger partial charge is 0.194 e. The molecule has 1 N–H and O–H groups in total. The number of hydrogen-bond acceptors (Lipinski definition) is 3. The predicted molar refractivity (Wildman–Crippen MR) is 55.4 cm³/mol. The molecular formula is C9H8N4S. The molecule has 0 saturated heterocycles. The summed E-state index contributed by atoms with van der Waals surface area (Å²) in [5.41, 5.74) is 3.24. The lowest BCUT2D eigenvalue weighted by atomic mass is 10.2. The van der Waals surface area contributed by atoms with Gasteiger partial charge in [-0.2, -0.15) is 5.10 Å². The molecule has 3 heterocycles. The van der Waals surface area contributed by atoms with Crippen molar-refractivity contribution in [3.63, 3.8) is 0 Å². The molecule has 5 heteroatoms. The minimum absolute atomic E-state index is 1.03. The zero-order valence-corrected chi connectivity index (χ0v) is 8.38. The van der Waals surface area contributed by atoms with Gasteiger partial charge in [-0.25, -0.2) is 4.98 Å². The molecule has 4 nitrogen and oxygen atoms in total. The third kappa shape index (κ3) is 0.927. The van der Waals surface area contributed by atoms with Gasteiger partial charge in [-0.3, -0.25) is 9.50 Å². The predicted octanol–water partition coefficient (Wildman–Crippen LogP) is 2.09. The van der Waals surface area contributed by atoms with Crippen LogP contribution in [-0.2, 0) is 0 Å². The molecule has 0 radical (unpaired) electrons. The van der Waals surface area contributed by atoms with Gasteiger partial charge in [0.15, 0.2) is 4.96 Å². The van der Waals surface area contributed by atoms with Crippen LogP contribution in [0.25, 0.3) is 16.2 Å². The summed E-state index contributed by atoms with van der Waals surface area (Å²) in [6.07, 6.45) is 5.73. The summed E-state index contributed by atoms with van der Waals surface area (Å²) in [6.45, 7) is 2.02. The zero-order valence-electron chi connectivity index (χ0n) is 7.56. The number of aromatic nitrogens is 4. The number of aromatic amines is 1. The number of H-pyrrole nitrogens is 1. The molecule has 0 fully saturated rings. The largest absolute Gasteiger partial charge is 0.290 e. The summed E-state index contributed by atoms with van der Waals surface area (Å²) < 4.78 is 2.09. The van der Waals surface area contributed by atoms with Crippen LogP contribution in [0.3, 0.4) is 0 Å². The first-order valence-corrected chi connectivity index (χ1v) is 5.15.